The summed E-state index contributed by atoms with van der Waals surface area (Å²) in [6.07, 6.45) is 9.56. The SMILES string of the molecule is Cc1ccc(-c2nccn2C(C)c2cnn(C)c2)nc1. The zero-order chi connectivity index (χ0) is 14.1. The van der Waals surface area contributed by atoms with Crippen LogP contribution in [0.25, 0.3) is 11.5 Å². The molecule has 0 aromatic carbocycles. The van der Waals surface area contributed by atoms with Gasteiger partial charge in [0.15, 0.2) is 5.82 Å². The lowest BCUT2D eigenvalue weighted by molar-refractivity contribution is 0.643. The summed E-state index contributed by atoms with van der Waals surface area (Å²) in [4.78, 5) is 8.90. The van der Waals surface area contributed by atoms with Crippen LogP contribution >= 0.6 is 0 Å². The summed E-state index contributed by atoms with van der Waals surface area (Å²) < 4.78 is 3.93. The molecule has 0 amide bonds. The van der Waals surface area contributed by atoms with Crippen LogP contribution in [-0.4, -0.2) is 24.3 Å². The van der Waals surface area contributed by atoms with E-state index in [-0.39, 0.29) is 6.04 Å². The van der Waals surface area contributed by atoms with Gasteiger partial charge in [-0.05, 0) is 25.5 Å². The Bertz CT molecular complexity index is 708. The van der Waals surface area contributed by atoms with Crippen LogP contribution in [0.1, 0.15) is 24.1 Å². The molecule has 0 radical (unpaired) electrons. The van der Waals surface area contributed by atoms with E-state index in [2.05, 4.69) is 32.6 Å². The summed E-state index contributed by atoms with van der Waals surface area (Å²) in [5, 5.41) is 4.23. The van der Waals surface area contributed by atoms with Gasteiger partial charge in [0.2, 0.25) is 0 Å². The lowest BCUT2D eigenvalue weighted by Crippen LogP contribution is -2.07. The molecule has 0 aliphatic carbocycles. The number of aromatic nitrogens is 5. The molecule has 0 aliphatic rings. The molecule has 0 aliphatic heterocycles. The van der Waals surface area contributed by atoms with Gasteiger partial charge in [0, 0.05) is 37.4 Å². The van der Waals surface area contributed by atoms with Crippen molar-refractivity contribution in [3.63, 3.8) is 0 Å². The highest BCUT2D eigenvalue weighted by molar-refractivity contribution is 5.50. The third kappa shape index (κ3) is 2.22. The van der Waals surface area contributed by atoms with Crippen molar-refractivity contribution >= 4 is 0 Å². The molecule has 3 rings (SSSR count). The van der Waals surface area contributed by atoms with Gasteiger partial charge in [0.25, 0.3) is 0 Å². The highest BCUT2D eigenvalue weighted by Crippen LogP contribution is 2.23. The summed E-state index contributed by atoms with van der Waals surface area (Å²) in [7, 11) is 1.92. The first-order chi connectivity index (χ1) is 9.65. The first-order valence-corrected chi connectivity index (χ1v) is 6.59. The van der Waals surface area contributed by atoms with E-state index in [4.69, 9.17) is 0 Å². The number of hydrogen-bond donors (Lipinski definition) is 0. The monoisotopic (exact) mass is 267 g/mol. The average molecular weight is 267 g/mol. The Morgan fingerprint density at radius 2 is 2.00 bits per heavy atom. The molecule has 102 valence electrons. The van der Waals surface area contributed by atoms with E-state index in [1.807, 2.05) is 55.7 Å². The highest BCUT2D eigenvalue weighted by atomic mass is 15.2. The van der Waals surface area contributed by atoms with E-state index < -0.39 is 0 Å². The van der Waals surface area contributed by atoms with Gasteiger partial charge >= 0.3 is 0 Å². The number of hydrogen-bond acceptors (Lipinski definition) is 3. The van der Waals surface area contributed by atoms with Gasteiger partial charge in [-0.1, -0.05) is 6.07 Å². The largest absolute Gasteiger partial charge is 0.322 e. The third-order valence-corrected chi connectivity index (χ3v) is 3.43. The second kappa shape index (κ2) is 4.92. The van der Waals surface area contributed by atoms with Crippen LogP contribution in [0.5, 0.6) is 0 Å². The Balaban J connectivity index is 1.99. The minimum atomic E-state index is 0.171. The van der Waals surface area contributed by atoms with Crippen LogP contribution < -0.4 is 0 Å². The lowest BCUT2D eigenvalue weighted by Gasteiger charge is -2.14. The molecule has 5 heteroatoms. The van der Waals surface area contributed by atoms with Crippen LogP contribution in [0.15, 0.2) is 43.1 Å². The second-order valence-corrected chi connectivity index (χ2v) is 5.00. The predicted molar refractivity (Wildman–Crippen MR) is 77.2 cm³/mol. The van der Waals surface area contributed by atoms with Gasteiger partial charge < -0.3 is 4.57 Å². The number of aryl methyl sites for hydroxylation is 2. The number of rotatable bonds is 3. The van der Waals surface area contributed by atoms with Crippen molar-refractivity contribution in [2.75, 3.05) is 0 Å². The summed E-state index contributed by atoms with van der Waals surface area (Å²) in [5.41, 5.74) is 3.18. The minimum Gasteiger partial charge on any atom is -0.322 e. The summed E-state index contributed by atoms with van der Waals surface area (Å²) in [5.74, 6) is 0.876. The van der Waals surface area contributed by atoms with Crippen molar-refractivity contribution in [3.05, 3.63) is 54.2 Å². The Morgan fingerprint density at radius 1 is 1.15 bits per heavy atom. The fourth-order valence-electron chi connectivity index (χ4n) is 2.24. The van der Waals surface area contributed by atoms with Crippen LogP contribution in [-0.2, 0) is 7.05 Å². The molecule has 0 bridgehead atoms. The van der Waals surface area contributed by atoms with Crippen LogP contribution in [0.3, 0.4) is 0 Å². The van der Waals surface area contributed by atoms with E-state index in [0.29, 0.717) is 0 Å². The van der Waals surface area contributed by atoms with E-state index in [9.17, 15) is 0 Å². The molecule has 5 nitrogen and oxygen atoms in total. The molecule has 1 unspecified atom stereocenters. The molecular formula is C15H17N5. The topological polar surface area (TPSA) is 48.5 Å². The summed E-state index contributed by atoms with van der Waals surface area (Å²) in [6.45, 7) is 4.16. The van der Waals surface area contributed by atoms with Crippen molar-refractivity contribution in [2.24, 2.45) is 7.05 Å². The molecule has 3 heterocycles. The maximum absolute atomic E-state index is 4.46. The van der Waals surface area contributed by atoms with Crippen molar-refractivity contribution in [3.8, 4) is 11.5 Å². The van der Waals surface area contributed by atoms with E-state index in [1.54, 1.807) is 0 Å². The maximum atomic E-state index is 4.46. The average Bonchev–Trinajstić information content (AvgIpc) is 3.07. The zero-order valence-electron chi connectivity index (χ0n) is 11.9. The van der Waals surface area contributed by atoms with E-state index in [0.717, 1.165) is 22.6 Å². The van der Waals surface area contributed by atoms with Gasteiger partial charge in [-0.2, -0.15) is 5.10 Å². The Labute approximate surface area is 117 Å². The number of nitrogens with zero attached hydrogens (tertiary/aromatic N) is 5. The molecule has 20 heavy (non-hydrogen) atoms. The van der Waals surface area contributed by atoms with Gasteiger partial charge in [0.1, 0.15) is 5.69 Å². The molecule has 0 saturated carbocycles. The molecule has 0 N–H and O–H groups in total. The van der Waals surface area contributed by atoms with Crippen molar-refractivity contribution < 1.29 is 0 Å². The Hall–Kier alpha value is -2.43. The maximum Gasteiger partial charge on any atom is 0.159 e. The quantitative estimate of drug-likeness (QED) is 0.733. The summed E-state index contributed by atoms with van der Waals surface area (Å²) >= 11 is 0. The van der Waals surface area contributed by atoms with Gasteiger partial charge in [-0.15, -0.1) is 0 Å². The fourth-order valence-corrected chi connectivity index (χ4v) is 2.24. The molecule has 1 atom stereocenters. The van der Waals surface area contributed by atoms with Crippen LogP contribution in [0.4, 0.5) is 0 Å². The molecule has 3 aromatic rings. The normalized spacial score (nSPS) is 12.6. The molecule has 0 fully saturated rings. The van der Waals surface area contributed by atoms with E-state index >= 15 is 0 Å². The molecule has 0 spiro atoms. The molecular weight excluding hydrogens is 250 g/mol. The standard InChI is InChI=1S/C15H17N5/c1-11-4-5-14(17-8-11)15-16-6-7-20(15)12(2)13-9-18-19(3)10-13/h4-10,12H,1-3H3. The first kappa shape index (κ1) is 12.6. The lowest BCUT2D eigenvalue weighted by atomic mass is 10.2. The van der Waals surface area contributed by atoms with Gasteiger partial charge in [-0.25, -0.2) is 4.98 Å². The number of imidazole rings is 1. The highest BCUT2D eigenvalue weighted by Gasteiger charge is 2.15. The third-order valence-electron chi connectivity index (χ3n) is 3.43. The molecule has 0 saturated heterocycles. The number of pyridine rings is 1. The Kier molecular flexibility index (Phi) is 3.10. The zero-order valence-corrected chi connectivity index (χ0v) is 11.9. The fraction of sp³-hybridized carbons (Fsp3) is 0.267. The van der Waals surface area contributed by atoms with E-state index in [1.165, 1.54) is 0 Å². The van der Waals surface area contributed by atoms with Gasteiger partial charge in [-0.3, -0.25) is 9.67 Å². The van der Waals surface area contributed by atoms with Gasteiger partial charge in [0.05, 0.1) is 12.2 Å². The Morgan fingerprint density at radius 3 is 2.65 bits per heavy atom. The van der Waals surface area contributed by atoms with Crippen molar-refractivity contribution in [1.29, 1.82) is 0 Å². The van der Waals surface area contributed by atoms with Crippen molar-refractivity contribution in [1.82, 2.24) is 24.3 Å². The molecule has 3 aromatic heterocycles. The van der Waals surface area contributed by atoms with Crippen LogP contribution in [0, 0.1) is 6.92 Å². The predicted octanol–water partition coefficient (Wildman–Crippen LogP) is 2.60. The summed E-state index contributed by atoms with van der Waals surface area (Å²) in [6, 6.07) is 4.23. The van der Waals surface area contributed by atoms with Crippen LogP contribution in [0.2, 0.25) is 0 Å². The minimum absolute atomic E-state index is 0.171. The smallest absolute Gasteiger partial charge is 0.159 e. The van der Waals surface area contributed by atoms with Crippen molar-refractivity contribution in [2.45, 2.75) is 19.9 Å². The second-order valence-electron chi connectivity index (χ2n) is 5.00. The first-order valence-electron chi connectivity index (χ1n) is 6.59.